The van der Waals surface area contributed by atoms with Crippen molar-refractivity contribution in [2.24, 2.45) is 0 Å². The van der Waals surface area contributed by atoms with Crippen LogP contribution in [0.4, 0.5) is 14.9 Å². The molecule has 0 bridgehead atoms. The Balaban J connectivity index is 2.02. The first-order valence-electron chi connectivity index (χ1n) is 6.51. The lowest BCUT2D eigenvalue weighted by molar-refractivity contribution is 0.213. The molecule has 1 aromatic heterocycles. The van der Waals surface area contributed by atoms with Gasteiger partial charge in [0.1, 0.15) is 11.9 Å². The van der Waals surface area contributed by atoms with Gasteiger partial charge in [-0.1, -0.05) is 19.9 Å². The smallest absolute Gasteiger partial charge is 0.389 e. The Bertz CT molecular complexity index is 723. The number of hydrogen-bond acceptors (Lipinski definition) is 5. The molecule has 0 atom stereocenters. The molecule has 0 aliphatic heterocycles. The summed E-state index contributed by atoms with van der Waals surface area (Å²) in [4.78, 5) is 11.7. The number of anilines is 1. The van der Waals surface area contributed by atoms with Crippen molar-refractivity contribution in [3.8, 4) is 11.9 Å². The Labute approximate surface area is 126 Å². The highest BCUT2D eigenvalue weighted by Gasteiger charge is 2.11. The summed E-state index contributed by atoms with van der Waals surface area (Å²) in [5.41, 5.74) is 0.949. The highest BCUT2D eigenvalue weighted by atomic mass is 19.1. The quantitative estimate of drug-likeness (QED) is 0.940. The number of benzene rings is 1. The third-order valence-electron chi connectivity index (χ3n) is 2.82. The highest BCUT2D eigenvalue weighted by molar-refractivity contribution is 5.86. The van der Waals surface area contributed by atoms with Gasteiger partial charge in [0.25, 0.3) is 0 Å². The van der Waals surface area contributed by atoms with Crippen molar-refractivity contribution in [3.63, 3.8) is 0 Å². The maximum atomic E-state index is 13.8. The van der Waals surface area contributed by atoms with E-state index in [0.29, 0.717) is 5.56 Å². The van der Waals surface area contributed by atoms with Crippen molar-refractivity contribution >= 4 is 11.8 Å². The molecule has 1 heterocycles. The maximum Gasteiger partial charge on any atom is 0.418 e. The van der Waals surface area contributed by atoms with Gasteiger partial charge in [-0.15, -0.1) is 10.2 Å². The molecule has 0 aliphatic carbocycles. The second kappa shape index (κ2) is 6.63. The number of amides is 1. The van der Waals surface area contributed by atoms with Gasteiger partial charge in [0.2, 0.25) is 5.88 Å². The standard InChI is InChI=1S/C15H13FN4O2/c1-9(2)12-5-3-10(7-13(12)16)18-15(21)22-14-6-4-11(8-17)19-20-14/h3-7,9H,1-2H3,(H,18,21). The van der Waals surface area contributed by atoms with E-state index in [0.717, 1.165) is 0 Å². The Kier molecular flexibility index (Phi) is 4.63. The molecule has 1 N–H and O–H groups in total. The number of nitrogens with zero attached hydrogens (tertiary/aromatic N) is 3. The molecule has 0 saturated heterocycles. The van der Waals surface area contributed by atoms with Gasteiger partial charge in [0.15, 0.2) is 5.69 Å². The van der Waals surface area contributed by atoms with Gasteiger partial charge in [0.05, 0.1) is 0 Å². The van der Waals surface area contributed by atoms with Crippen LogP contribution in [0.25, 0.3) is 0 Å². The minimum Gasteiger partial charge on any atom is -0.389 e. The van der Waals surface area contributed by atoms with Crippen LogP contribution < -0.4 is 10.1 Å². The van der Waals surface area contributed by atoms with Crippen LogP contribution >= 0.6 is 0 Å². The van der Waals surface area contributed by atoms with Crippen molar-refractivity contribution < 1.29 is 13.9 Å². The first kappa shape index (κ1) is 15.4. The predicted octanol–water partition coefficient (Wildman–Crippen LogP) is 3.22. The number of ether oxygens (including phenoxy) is 1. The zero-order valence-electron chi connectivity index (χ0n) is 12.0. The Morgan fingerprint density at radius 3 is 2.64 bits per heavy atom. The van der Waals surface area contributed by atoms with Crippen LogP contribution in [-0.2, 0) is 0 Å². The summed E-state index contributed by atoms with van der Waals surface area (Å²) in [6.45, 7) is 3.76. The number of nitriles is 1. The third kappa shape index (κ3) is 3.76. The number of nitrogens with one attached hydrogen (secondary N) is 1. The van der Waals surface area contributed by atoms with E-state index < -0.39 is 11.9 Å². The lowest BCUT2D eigenvalue weighted by Crippen LogP contribution is -2.17. The molecular formula is C15H13FN4O2. The second-order valence-electron chi connectivity index (χ2n) is 4.77. The SMILES string of the molecule is CC(C)c1ccc(NC(=O)Oc2ccc(C#N)nn2)cc1F. The molecule has 0 radical (unpaired) electrons. The van der Waals surface area contributed by atoms with E-state index in [-0.39, 0.29) is 23.2 Å². The van der Waals surface area contributed by atoms with Gasteiger partial charge in [-0.05, 0) is 29.7 Å². The van der Waals surface area contributed by atoms with Crippen LogP contribution in [0.2, 0.25) is 0 Å². The first-order chi connectivity index (χ1) is 10.5. The number of carbonyl (C=O) groups excluding carboxylic acids is 1. The molecule has 0 unspecified atom stereocenters. The van der Waals surface area contributed by atoms with Crippen LogP contribution in [0, 0.1) is 17.1 Å². The highest BCUT2D eigenvalue weighted by Crippen LogP contribution is 2.21. The normalized spacial score (nSPS) is 10.1. The number of halogens is 1. The lowest BCUT2D eigenvalue weighted by atomic mass is 10.0. The summed E-state index contributed by atoms with van der Waals surface area (Å²) in [5, 5.41) is 18.1. The largest absolute Gasteiger partial charge is 0.418 e. The maximum absolute atomic E-state index is 13.8. The minimum atomic E-state index is -0.823. The van der Waals surface area contributed by atoms with E-state index in [2.05, 4.69) is 15.5 Å². The average Bonchev–Trinajstić information content (AvgIpc) is 2.47. The third-order valence-corrected chi connectivity index (χ3v) is 2.82. The molecule has 22 heavy (non-hydrogen) atoms. The van der Waals surface area contributed by atoms with Crippen molar-refractivity contribution in [2.75, 3.05) is 5.32 Å². The Morgan fingerprint density at radius 2 is 2.09 bits per heavy atom. The van der Waals surface area contributed by atoms with Gasteiger partial charge in [-0.25, -0.2) is 9.18 Å². The van der Waals surface area contributed by atoms with Crippen LogP contribution in [0.15, 0.2) is 30.3 Å². The first-order valence-corrected chi connectivity index (χ1v) is 6.51. The average molecular weight is 300 g/mol. The molecule has 112 valence electrons. The summed E-state index contributed by atoms with van der Waals surface area (Å²) in [7, 11) is 0. The molecule has 0 aliphatic rings. The fourth-order valence-electron chi connectivity index (χ4n) is 1.75. The van der Waals surface area contributed by atoms with Gasteiger partial charge in [-0.2, -0.15) is 5.26 Å². The van der Waals surface area contributed by atoms with E-state index in [4.69, 9.17) is 10.00 Å². The van der Waals surface area contributed by atoms with E-state index in [1.807, 2.05) is 13.8 Å². The molecule has 2 rings (SSSR count). The van der Waals surface area contributed by atoms with Crippen LogP contribution in [0.1, 0.15) is 31.0 Å². The summed E-state index contributed by atoms with van der Waals surface area (Å²) < 4.78 is 18.7. The molecule has 0 saturated carbocycles. The summed E-state index contributed by atoms with van der Waals surface area (Å²) in [6, 6.07) is 8.92. The van der Waals surface area contributed by atoms with E-state index in [9.17, 15) is 9.18 Å². The summed E-state index contributed by atoms with van der Waals surface area (Å²) >= 11 is 0. The molecule has 1 amide bonds. The monoisotopic (exact) mass is 300 g/mol. The Morgan fingerprint density at radius 1 is 1.32 bits per heavy atom. The van der Waals surface area contributed by atoms with E-state index >= 15 is 0 Å². The molecule has 1 aromatic carbocycles. The number of hydrogen-bond donors (Lipinski definition) is 1. The van der Waals surface area contributed by atoms with Crippen LogP contribution in [0.3, 0.4) is 0 Å². The van der Waals surface area contributed by atoms with Crippen molar-refractivity contribution in [1.82, 2.24) is 10.2 Å². The van der Waals surface area contributed by atoms with Crippen LogP contribution in [0.5, 0.6) is 5.88 Å². The zero-order valence-corrected chi connectivity index (χ0v) is 12.0. The van der Waals surface area contributed by atoms with Gasteiger partial charge >= 0.3 is 6.09 Å². The lowest BCUT2D eigenvalue weighted by Gasteiger charge is -2.10. The van der Waals surface area contributed by atoms with Crippen molar-refractivity contribution in [1.29, 1.82) is 5.26 Å². The second-order valence-corrected chi connectivity index (χ2v) is 4.77. The number of carbonyl (C=O) groups is 1. The molecular weight excluding hydrogens is 287 g/mol. The van der Waals surface area contributed by atoms with Crippen molar-refractivity contribution in [2.45, 2.75) is 19.8 Å². The van der Waals surface area contributed by atoms with Crippen LogP contribution in [-0.4, -0.2) is 16.3 Å². The van der Waals surface area contributed by atoms with E-state index in [1.165, 1.54) is 18.2 Å². The predicted molar refractivity (Wildman–Crippen MR) is 76.9 cm³/mol. The molecule has 7 heteroatoms. The van der Waals surface area contributed by atoms with E-state index in [1.54, 1.807) is 18.2 Å². The molecule has 0 spiro atoms. The minimum absolute atomic E-state index is 0.0509. The summed E-state index contributed by atoms with van der Waals surface area (Å²) in [6.07, 6.45) is -0.823. The van der Waals surface area contributed by atoms with Crippen molar-refractivity contribution in [3.05, 3.63) is 47.4 Å². The van der Waals surface area contributed by atoms with Gasteiger partial charge in [0, 0.05) is 11.8 Å². The summed E-state index contributed by atoms with van der Waals surface area (Å²) in [5.74, 6) is -0.406. The zero-order chi connectivity index (χ0) is 16.1. The fraction of sp³-hybridized carbons (Fsp3) is 0.200. The molecule has 6 nitrogen and oxygen atoms in total. The number of rotatable bonds is 3. The molecule has 0 fully saturated rings. The van der Waals surface area contributed by atoms with Gasteiger partial charge in [-0.3, -0.25) is 5.32 Å². The number of aromatic nitrogens is 2. The van der Waals surface area contributed by atoms with Gasteiger partial charge < -0.3 is 4.74 Å². The topological polar surface area (TPSA) is 87.9 Å². The molecule has 2 aromatic rings. The Hall–Kier alpha value is -3.01. The fourth-order valence-corrected chi connectivity index (χ4v) is 1.75.